The summed E-state index contributed by atoms with van der Waals surface area (Å²) in [6, 6.07) is -0.0617. The molecule has 0 aliphatic carbocycles. The van der Waals surface area contributed by atoms with Gasteiger partial charge in [0.25, 0.3) is 0 Å². The van der Waals surface area contributed by atoms with Gasteiger partial charge in [-0.05, 0) is 71.4 Å². The number of likely N-dealkylation sites (N-methyl/N-ethyl adjacent to an activating group) is 1. The molecule has 252 valence electrons. The Labute approximate surface area is 263 Å². The highest BCUT2D eigenvalue weighted by Gasteiger charge is 2.14. The Morgan fingerprint density at radius 3 is 1.60 bits per heavy atom. The summed E-state index contributed by atoms with van der Waals surface area (Å²) in [4.78, 5) is 21.8. The molecule has 0 aliphatic rings. The van der Waals surface area contributed by atoms with Gasteiger partial charge < -0.3 is 26.3 Å². The molecule has 0 saturated heterocycles. The van der Waals surface area contributed by atoms with E-state index in [9.17, 15) is 9.59 Å². The number of rotatable bonds is 27. The SMILES string of the molecule is C=C.CCCCCCCCCC=CCCCCCCCC=O.CCCCNC(=O)C(CCCCN)NC.CCCCO. The largest absolute Gasteiger partial charge is 0.396 e. The van der Waals surface area contributed by atoms with Crippen LogP contribution in [0.4, 0.5) is 0 Å². The number of nitrogens with two attached hydrogens (primary N) is 1. The third-order valence-corrected chi connectivity index (χ3v) is 6.79. The summed E-state index contributed by atoms with van der Waals surface area (Å²) in [5, 5.41) is 14.0. The van der Waals surface area contributed by atoms with E-state index in [4.69, 9.17) is 10.8 Å². The van der Waals surface area contributed by atoms with Crippen molar-refractivity contribution < 1.29 is 14.7 Å². The van der Waals surface area contributed by atoms with E-state index in [1.807, 2.05) is 7.05 Å². The number of hydrogen-bond acceptors (Lipinski definition) is 5. The van der Waals surface area contributed by atoms with Crippen LogP contribution in [0.2, 0.25) is 0 Å². The molecule has 0 heterocycles. The van der Waals surface area contributed by atoms with E-state index in [1.165, 1.54) is 83.5 Å². The van der Waals surface area contributed by atoms with Gasteiger partial charge >= 0.3 is 0 Å². The van der Waals surface area contributed by atoms with Crippen LogP contribution in [0.3, 0.4) is 0 Å². The average Bonchev–Trinajstić information content (AvgIpc) is 3.01. The van der Waals surface area contributed by atoms with Crippen LogP contribution in [-0.2, 0) is 9.59 Å². The molecule has 1 atom stereocenters. The van der Waals surface area contributed by atoms with Gasteiger partial charge in [0.1, 0.15) is 6.29 Å². The lowest BCUT2D eigenvalue weighted by Crippen LogP contribution is -2.42. The van der Waals surface area contributed by atoms with Crippen molar-refractivity contribution in [3.8, 4) is 0 Å². The van der Waals surface area contributed by atoms with Crippen LogP contribution < -0.4 is 16.4 Å². The molecule has 0 aliphatic heterocycles. The number of carbonyl (C=O) groups excluding carboxylic acids is 2. The van der Waals surface area contributed by atoms with Crippen molar-refractivity contribution in [2.75, 3.05) is 26.7 Å². The zero-order valence-electron chi connectivity index (χ0n) is 28.7. The summed E-state index contributed by atoms with van der Waals surface area (Å²) in [7, 11) is 1.83. The topological polar surface area (TPSA) is 104 Å². The fraction of sp³-hybridized carbons (Fsp3) is 0.833. The Kier molecular flexibility index (Phi) is 55.6. The second kappa shape index (κ2) is 49.2. The Morgan fingerprint density at radius 1 is 0.714 bits per heavy atom. The molecule has 0 radical (unpaired) electrons. The Hall–Kier alpha value is -1.50. The predicted octanol–water partition coefficient (Wildman–Crippen LogP) is 8.81. The van der Waals surface area contributed by atoms with Gasteiger partial charge in [0, 0.05) is 19.6 Å². The standard InChI is InChI=1S/C19H36O.C11H25N3O.C4H10O.C2H4/c1-2-3-4-5-6-7-8-9-10-11-12-13-14-15-16-17-18-19-20;1-3-4-9-14-11(15)10(13-2)7-5-6-8-12;1-2-3-4-5;1-2/h10-11,19H,2-9,12-18H2,1H3;10,13H,3-9,12H2,1-2H3,(H,14,15);5H,2-4H2,1H3;1-2H2. The summed E-state index contributed by atoms with van der Waals surface area (Å²) in [5.41, 5.74) is 5.41. The number of aldehydes is 1. The number of carbonyl (C=O) groups is 2. The average molecular weight is 598 g/mol. The summed E-state index contributed by atoms with van der Waals surface area (Å²) in [6.07, 6.45) is 32.1. The van der Waals surface area contributed by atoms with Crippen LogP contribution in [0.1, 0.15) is 162 Å². The maximum atomic E-state index is 11.6. The molecular weight excluding hydrogens is 522 g/mol. The molecular formula is C36H75N3O3. The van der Waals surface area contributed by atoms with Crippen LogP contribution in [-0.4, -0.2) is 50.1 Å². The van der Waals surface area contributed by atoms with Gasteiger partial charge in [0.2, 0.25) is 5.91 Å². The Balaban J connectivity index is -0.000000288. The normalized spacial score (nSPS) is 10.9. The number of amides is 1. The summed E-state index contributed by atoms with van der Waals surface area (Å²) in [6.45, 7) is 14.3. The molecule has 0 aromatic rings. The molecule has 0 saturated carbocycles. The van der Waals surface area contributed by atoms with Crippen LogP contribution in [0.5, 0.6) is 0 Å². The summed E-state index contributed by atoms with van der Waals surface area (Å²) < 4.78 is 0. The lowest BCUT2D eigenvalue weighted by molar-refractivity contribution is -0.123. The van der Waals surface area contributed by atoms with Crippen molar-refractivity contribution in [2.45, 2.75) is 168 Å². The second-order valence-corrected chi connectivity index (χ2v) is 10.7. The number of allylic oxidation sites excluding steroid dienone is 2. The molecule has 0 spiro atoms. The fourth-order valence-electron chi connectivity index (χ4n) is 4.04. The highest BCUT2D eigenvalue weighted by atomic mass is 16.2. The Bertz CT molecular complexity index is 513. The fourth-order valence-corrected chi connectivity index (χ4v) is 4.04. The first-order valence-electron chi connectivity index (χ1n) is 17.4. The van der Waals surface area contributed by atoms with Gasteiger partial charge in [-0.3, -0.25) is 4.79 Å². The number of aliphatic hydroxyl groups excluding tert-OH is 1. The minimum atomic E-state index is -0.0617. The minimum Gasteiger partial charge on any atom is -0.396 e. The highest BCUT2D eigenvalue weighted by Crippen LogP contribution is 2.10. The van der Waals surface area contributed by atoms with Crippen molar-refractivity contribution >= 4 is 12.2 Å². The lowest BCUT2D eigenvalue weighted by atomic mass is 10.1. The van der Waals surface area contributed by atoms with Gasteiger partial charge in [-0.1, -0.05) is 110 Å². The molecule has 6 nitrogen and oxygen atoms in total. The molecule has 0 aromatic heterocycles. The number of unbranched alkanes of at least 4 members (excludes halogenated alkanes) is 16. The molecule has 42 heavy (non-hydrogen) atoms. The minimum absolute atomic E-state index is 0.0617. The van der Waals surface area contributed by atoms with E-state index in [1.54, 1.807) is 0 Å². The summed E-state index contributed by atoms with van der Waals surface area (Å²) >= 11 is 0. The van der Waals surface area contributed by atoms with Crippen LogP contribution >= 0.6 is 0 Å². The Morgan fingerprint density at radius 2 is 1.19 bits per heavy atom. The van der Waals surface area contributed by atoms with Crippen molar-refractivity contribution in [1.82, 2.24) is 10.6 Å². The number of aliphatic hydroxyl groups is 1. The first-order chi connectivity index (χ1) is 20.6. The lowest BCUT2D eigenvalue weighted by Gasteiger charge is -2.15. The monoisotopic (exact) mass is 598 g/mol. The zero-order chi connectivity index (χ0) is 32.4. The van der Waals surface area contributed by atoms with Crippen LogP contribution in [0.25, 0.3) is 0 Å². The molecule has 0 rings (SSSR count). The van der Waals surface area contributed by atoms with Gasteiger partial charge in [0.05, 0.1) is 6.04 Å². The quantitative estimate of drug-likeness (QED) is 0.0430. The van der Waals surface area contributed by atoms with Crippen molar-refractivity contribution in [3.63, 3.8) is 0 Å². The first kappa shape index (κ1) is 47.4. The zero-order valence-corrected chi connectivity index (χ0v) is 28.7. The smallest absolute Gasteiger partial charge is 0.237 e. The molecule has 6 heteroatoms. The van der Waals surface area contributed by atoms with Crippen LogP contribution in [0, 0.1) is 0 Å². The maximum absolute atomic E-state index is 11.6. The molecule has 5 N–H and O–H groups in total. The molecule has 1 unspecified atom stereocenters. The second-order valence-electron chi connectivity index (χ2n) is 10.7. The van der Waals surface area contributed by atoms with Gasteiger partial charge in [-0.15, -0.1) is 13.2 Å². The predicted molar refractivity (Wildman–Crippen MR) is 187 cm³/mol. The van der Waals surface area contributed by atoms with E-state index in [-0.39, 0.29) is 11.9 Å². The van der Waals surface area contributed by atoms with Crippen molar-refractivity contribution in [2.24, 2.45) is 5.73 Å². The van der Waals surface area contributed by atoms with Gasteiger partial charge in [-0.25, -0.2) is 0 Å². The van der Waals surface area contributed by atoms with E-state index in [0.29, 0.717) is 13.2 Å². The third kappa shape index (κ3) is 48.2. The van der Waals surface area contributed by atoms with Crippen molar-refractivity contribution in [1.29, 1.82) is 0 Å². The third-order valence-electron chi connectivity index (χ3n) is 6.79. The van der Waals surface area contributed by atoms with Crippen LogP contribution in [0.15, 0.2) is 25.3 Å². The van der Waals surface area contributed by atoms with E-state index in [0.717, 1.165) is 70.6 Å². The maximum Gasteiger partial charge on any atom is 0.237 e. The van der Waals surface area contributed by atoms with Gasteiger partial charge in [-0.2, -0.15) is 0 Å². The van der Waals surface area contributed by atoms with E-state index >= 15 is 0 Å². The van der Waals surface area contributed by atoms with Gasteiger partial charge in [0.15, 0.2) is 0 Å². The van der Waals surface area contributed by atoms with Crippen molar-refractivity contribution in [3.05, 3.63) is 25.3 Å². The number of nitrogens with one attached hydrogen (secondary N) is 2. The number of hydrogen-bond donors (Lipinski definition) is 4. The molecule has 1 amide bonds. The summed E-state index contributed by atoms with van der Waals surface area (Å²) in [5.74, 6) is 0.114. The highest BCUT2D eigenvalue weighted by molar-refractivity contribution is 5.81. The molecule has 0 fully saturated rings. The van der Waals surface area contributed by atoms with E-state index < -0.39 is 0 Å². The first-order valence-corrected chi connectivity index (χ1v) is 17.4. The molecule has 0 bridgehead atoms. The molecule has 0 aromatic carbocycles. The van der Waals surface area contributed by atoms with E-state index in [2.05, 4.69) is 56.7 Å².